The average Bonchev–Trinajstić information content (AvgIpc) is 3.07. The van der Waals surface area contributed by atoms with Gasteiger partial charge < -0.3 is 10.2 Å². The summed E-state index contributed by atoms with van der Waals surface area (Å²) in [6, 6.07) is 8.37. The van der Waals surface area contributed by atoms with Gasteiger partial charge in [-0.25, -0.2) is 9.18 Å². The monoisotopic (exact) mass is 496 g/mol. The molecule has 1 aliphatic carbocycles. The molecule has 7 heteroatoms. The molecular weight excluding hydrogens is 470 g/mol. The third kappa shape index (κ3) is 5.18. The number of rotatable bonds is 5. The van der Waals surface area contributed by atoms with Gasteiger partial charge in [0.05, 0.1) is 5.02 Å². The topological polar surface area (TPSA) is 32.3 Å². The summed E-state index contributed by atoms with van der Waals surface area (Å²) in [6.45, 7) is 2.83. The van der Waals surface area contributed by atoms with Gasteiger partial charge in [0.25, 0.3) is 0 Å². The number of nitrogens with zero attached hydrogens (tertiary/aromatic N) is 1. The van der Waals surface area contributed by atoms with Crippen molar-refractivity contribution >= 4 is 46.5 Å². The van der Waals surface area contributed by atoms with Gasteiger partial charge in [-0.1, -0.05) is 41.7 Å². The Morgan fingerprint density at radius 3 is 2.53 bits per heavy atom. The Morgan fingerprint density at radius 1 is 1.09 bits per heavy atom. The van der Waals surface area contributed by atoms with Crippen LogP contribution in [0.2, 0.25) is 15.1 Å². The molecule has 172 valence electrons. The molecule has 3 aliphatic rings. The van der Waals surface area contributed by atoms with Crippen molar-refractivity contribution in [3.63, 3.8) is 0 Å². The van der Waals surface area contributed by atoms with Gasteiger partial charge in [-0.15, -0.1) is 0 Å². The van der Waals surface area contributed by atoms with Crippen molar-refractivity contribution in [3.8, 4) is 0 Å². The lowest BCUT2D eigenvalue weighted by Crippen LogP contribution is -2.43. The van der Waals surface area contributed by atoms with E-state index in [9.17, 15) is 9.18 Å². The molecule has 1 N–H and O–H groups in total. The number of hydrogen-bond acceptors (Lipinski definition) is 1. The third-order valence-electron chi connectivity index (χ3n) is 7.10. The van der Waals surface area contributed by atoms with E-state index in [4.69, 9.17) is 34.8 Å². The van der Waals surface area contributed by atoms with Crippen molar-refractivity contribution in [1.29, 1.82) is 0 Å². The first-order valence-electron chi connectivity index (χ1n) is 11.3. The number of halogens is 4. The van der Waals surface area contributed by atoms with Crippen LogP contribution in [0.4, 0.5) is 14.9 Å². The van der Waals surface area contributed by atoms with Crippen LogP contribution >= 0.6 is 34.8 Å². The summed E-state index contributed by atoms with van der Waals surface area (Å²) in [4.78, 5) is 14.9. The molecule has 2 aliphatic heterocycles. The zero-order chi connectivity index (χ0) is 22.8. The molecule has 3 atom stereocenters. The van der Waals surface area contributed by atoms with Crippen LogP contribution in [0.25, 0.3) is 0 Å². The second-order valence-electron chi connectivity index (χ2n) is 8.96. The molecule has 0 aromatic heterocycles. The zero-order valence-corrected chi connectivity index (χ0v) is 20.4. The Labute approximate surface area is 204 Å². The molecule has 5 rings (SSSR count). The Hall–Kier alpha value is -1.49. The Morgan fingerprint density at radius 2 is 1.84 bits per heavy atom. The van der Waals surface area contributed by atoms with E-state index in [-0.39, 0.29) is 17.1 Å². The van der Waals surface area contributed by atoms with E-state index >= 15 is 0 Å². The Balaban J connectivity index is 1.40. The SMILES string of the molecule is CCc1cc(Cl)c(CCC2CC3CCC2CCN3C(=O)Nc2ccc(F)c(Cl)c2)c(Cl)c1. The van der Waals surface area contributed by atoms with E-state index in [0.29, 0.717) is 17.5 Å². The molecule has 0 spiro atoms. The maximum atomic E-state index is 13.4. The second kappa shape index (κ2) is 10.2. The number of anilines is 1. The molecule has 32 heavy (non-hydrogen) atoms. The van der Waals surface area contributed by atoms with Gasteiger partial charge in [0, 0.05) is 28.3 Å². The molecule has 2 saturated heterocycles. The zero-order valence-electron chi connectivity index (χ0n) is 18.1. The van der Waals surface area contributed by atoms with Crippen LogP contribution in [0.5, 0.6) is 0 Å². The summed E-state index contributed by atoms with van der Waals surface area (Å²) in [6.07, 6.45) is 6.93. The number of amides is 2. The number of carbonyl (C=O) groups excluding carboxylic acids is 1. The fourth-order valence-corrected chi connectivity index (χ4v) is 6.17. The molecule has 2 aromatic carbocycles. The number of carbonyl (C=O) groups is 1. The minimum Gasteiger partial charge on any atom is -0.322 e. The van der Waals surface area contributed by atoms with Gasteiger partial charge in [-0.3, -0.25) is 0 Å². The first kappa shape index (κ1) is 23.7. The molecular formula is C25H28Cl3FN2O. The highest BCUT2D eigenvalue weighted by atomic mass is 35.5. The van der Waals surface area contributed by atoms with Crippen LogP contribution in [-0.4, -0.2) is 23.5 Å². The van der Waals surface area contributed by atoms with Gasteiger partial charge >= 0.3 is 6.03 Å². The highest BCUT2D eigenvalue weighted by Gasteiger charge is 2.38. The van der Waals surface area contributed by atoms with E-state index in [1.54, 1.807) is 0 Å². The number of aryl methyl sites for hydroxylation is 1. The maximum absolute atomic E-state index is 13.4. The Kier molecular flexibility index (Phi) is 7.54. The van der Waals surface area contributed by atoms with E-state index in [1.165, 1.54) is 18.2 Å². The normalized spacial score (nSPS) is 22.7. The van der Waals surface area contributed by atoms with Gasteiger partial charge in [-0.2, -0.15) is 0 Å². The molecule has 3 unspecified atom stereocenters. The lowest BCUT2D eigenvalue weighted by Gasteiger charge is -2.36. The summed E-state index contributed by atoms with van der Waals surface area (Å²) in [7, 11) is 0. The van der Waals surface area contributed by atoms with Crippen molar-refractivity contribution in [3.05, 3.63) is 62.3 Å². The van der Waals surface area contributed by atoms with E-state index < -0.39 is 5.82 Å². The third-order valence-corrected chi connectivity index (χ3v) is 8.06. The van der Waals surface area contributed by atoms with Crippen LogP contribution < -0.4 is 5.32 Å². The summed E-state index contributed by atoms with van der Waals surface area (Å²) >= 11 is 18.9. The molecule has 2 aromatic rings. The summed E-state index contributed by atoms with van der Waals surface area (Å²) in [5, 5.41) is 4.41. The van der Waals surface area contributed by atoms with Crippen molar-refractivity contribution in [2.24, 2.45) is 11.8 Å². The predicted molar refractivity (Wildman–Crippen MR) is 131 cm³/mol. The lowest BCUT2D eigenvalue weighted by atomic mass is 9.74. The highest BCUT2D eigenvalue weighted by molar-refractivity contribution is 6.36. The molecule has 2 heterocycles. The minimum absolute atomic E-state index is 0.00366. The van der Waals surface area contributed by atoms with Crippen molar-refractivity contribution < 1.29 is 9.18 Å². The van der Waals surface area contributed by atoms with Gasteiger partial charge in [0.15, 0.2) is 0 Å². The van der Waals surface area contributed by atoms with Crippen molar-refractivity contribution in [2.45, 2.75) is 57.9 Å². The lowest BCUT2D eigenvalue weighted by molar-refractivity contribution is 0.160. The van der Waals surface area contributed by atoms with Crippen LogP contribution in [0.1, 0.15) is 50.2 Å². The van der Waals surface area contributed by atoms with E-state index in [1.807, 2.05) is 17.0 Å². The largest absolute Gasteiger partial charge is 0.322 e. The summed E-state index contributed by atoms with van der Waals surface area (Å²) in [5.41, 5.74) is 2.70. The van der Waals surface area contributed by atoms with Crippen molar-refractivity contribution in [1.82, 2.24) is 4.90 Å². The smallest absolute Gasteiger partial charge is 0.322 e. The molecule has 3 nitrogen and oxygen atoms in total. The molecule has 0 radical (unpaired) electrons. The summed E-state index contributed by atoms with van der Waals surface area (Å²) in [5.74, 6) is 0.659. The first-order chi connectivity index (χ1) is 15.4. The molecule has 3 fully saturated rings. The number of nitrogens with one attached hydrogen (secondary N) is 1. The highest BCUT2D eigenvalue weighted by Crippen LogP contribution is 2.42. The molecule has 2 bridgehead atoms. The van der Waals surface area contributed by atoms with Crippen LogP contribution in [-0.2, 0) is 12.8 Å². The van der Waals surface area contributed by atoms with Gasteiger partial charge in [0.2, 0.25) is 0 Å². The Bertz CT molecular complexity index is 976. The molecule has 1 saturated carbocycles. The predicted octanol–water partition coefficient (Wildman–Crippen LogP) is 8.00. The standard InChI is InChI=1S/C25H28Cl3FN2O/c1-2-15-11-21(26)20(22(27)12-15)7-4-17-13-19-6-3-16(17)9-10-31(19)25(32)30-18-5-8-24(29)23(28)14-18/h5,8,11-12,14,16-17,19H,2-4,6-7,9-10,13H2,1H3,(H,30,32). The second-order valence-corrected chi connectivity index (χ2v) is 10.2. The van der Waals surface area contributed by atoms with Crippen LogP contribution in [0.15, 0.2) is 30.3 Å². The summed E-state index contributed by atoms with van der Waals surface area (Å²) < 4.78 is 13.4. The average molecular weight is 498 g/mol. The number of urea groups is 1. The maximum Gasteiger partial charge on any atom is 0.322 e. The number of hydrogen-bond donors (Lipinski definition) is 1. The number of fused-ring (bicyclic) bond motifs is 4. The van der Waals surface area contributed by atoms with E-state index in [2.05, 4.69) is 12.2 Å². The fraction of sp³-hybridized carbons (Fsp3) is 0.480. The quantitative estimate of drug-likeness (QED) is 0.446. The minimum atomic E-state index is -0.495. The number of benzene rings is 2. The molecule has 2 amide bonds. The van der Waals surface area contributed by atoms with Gasteiger partial charge in [-0.05, 0) is 98.2 Å². The fourth-order valence-electron chi connectivity index (χ4n) is 5.27. The van der Waals surface area contributed by atoms with Gasteiger partial charge in [0.1, 0.15) is 5.82 Å². The van der Waals surface area contributed by atoms with Crippen LogP contribution in [0, 0.1) is 17.7 Å². The van der Waals surface area contributed by atoms with E-state index in [0.717, 1.165) is 72.7 Å². The van der Waals surface area contributed by atoms with Crippen LogP contribution in [0.3, 0.4) is 0 Å². The van der Waals surface area contributed by atoms with Crippen molar-refractivity contribution in [2.75, 3.05) is 11.9 Å². The first-order valence-corrected chi connectivity index (χ1v) is 12.5.